The van der Waals surface area contributed by atoms with Crippen LogP contribution in [-0.4, -0.2) is 18.0 Å². The molecule has 0 saturated carbocycles. The van der Waals surface area contributed by atoms with Gasteiger partial charge in [0, 0.05) is 12.4 Å². The van der Waals surface area contributed by atoms with Crippen LogP contribution in [0, 0.1) is 6.92 Å². The summed E-state index contributed by atoms with van der Waals surface area (Å²) in [5.74, 6) is 0. The first-order valence-corrected chi connectivity index (χ1v) is 6.87. The van der Waals surface area contributed by atoms with Crippen LogP contribution in [0.2, 0.25) is 0 Å². The molecule has 2 rings (SSSR count). The molecule has 1 aromatic heterocycles. The van der Waals surface area contributed by atoms with Crippen molar-refractivity contribution in [1.82, 2.24) is 9.55 Å². The fraction of sp³-hybridized carbons (Fsp3) is 0.250. The largest absolute Gasteiger partial charge is 0.310 e. The van der Waals surface area contributed by atoms with Crippen LogP contribution in [0.5, 0.6) is 0 Å². The third kappa shape index (κ3) is 2.77. The molecule has 96 valence electrons. The van der Waals surface area contributed by atoms with Gasteiger partial charge in [-0.3, -0.25) is 0 Å². The Morgan fingerprint density at radius 1 is 1.28 bits per heavy atom. The zero-order chi connectivity index (χ0) is 13.2. The minimum atomic E-state index is -3.75. The zero-order valence-electron chi connectivity index (χ0n) is 10.1. The Morgan fingerprint density at radius 3 is 2.50 bits per heavy atom. The first-order valence-electron chi connectivity index (χ1n) is 5.46. The number of aryl methyl sites for hydroxylation is 1. The van der Waals surface area contributed by atoms with Gasteiger partial charge in [-0.2, -0.15) is 8.42 Å². The highest BCUT2D eigenvalue weighted by molar-refractivity contribution is 7.86. The van der Waals surface area contributed by atoms with Crippen LogP contribution in [-0.2, 0) is 14.3 Å². The summed E-state index contributed by atoms with van der Waals surface area (Å²) in [5, 5.41) is 0. The van der Waals surface area contributed by atoms with Crippen LogP contribution in [0.4, 0.5) is 0 Å². The first kappa shape index (κ1) is 12.8. The monoisotopic (exact) mass is 266 g/mol. The smallest absolute Gasteiger partial charge is 0.298 e. The van der Waals surface area contributed by atoms with Crippen molar-refractivity contribution in [2.75, 3.05) is 0 Å². The first-order chi connectivity index (χ1) is 8.49. The number of nitrogens with zero attached hydrogens (tertiary/aromatic N) is 2. The number of rotatable bonds is 4. The third-order valence-corrected chi connectivity index (χ3v) is 3.90. The summed E-state index contributed by atoms with van der Waals surface area (Å²) in [4.78, 5) is 4.00. The predicted octanol–water partition coefficient (Wildman–Crippen LogP) is 2.12. The van der Waals surface area contributed by atoms with Crippen molar-refractivity contribution >= 4 is 10.1 Å². The average Bonchev–Trinajstić information content (AvgIpc) is 2.82. The van der Waals surface area contributed by atoms with E-state index >= 15 is 0 Å². The maximum atomic E-state index is 12.0. The highest BCUT2D eigenvalue weighted by atomic mass is 32.2. The van der Waals surface area contributed by atoms with Crippen molar-refractivity contribution in [2.45, 2.75) is 25.0 Å². The second kappa shape index (κ2) is 4.91. The summed E-state index contributed by atoms with van der Waals surface area (Å²) in [6, 6.07) is 6.53. The van der Waals surface area contributed by atoms with E-state index < -0.39 is 16.3 Å². The second-order valence-electron chi connectivity index (χ2n) is 3.97. The van der Waals surface area contributed by atoms with Crippen LogP contribution in [0.15, 0.2) is 47.9 Å². The van der Waals surface area contributed by atoms with Crippen molar-refractivity contribution in [1.29, 1.82) is 0 Å². The Labute approximate surface area is 106 Å². The average molecular weight is 266 g/mol. The van der Waals surface area contributed by atoms with Gasteiger partial charge in [-0.15, -0.1) is 0 Å². The van der Waals surface area contributed by atoms with Gasteiger partial charge in [0.05, 0.1) is 11.2 Å². The molecule has 0 aliphatic rings. The van der Waals surface area contributed by atoms with Crippen molar-refractivity contribution in [3.8, 4) is 0 Å². The van der Waals surface area contributed by atoms with E-state index in [1.807, 2.05) is 6.92 Å². The van der Waals surface area contributed by atoms with Crippen molar-refractivity contribution in [2.24, 2.45) is 0 Å². The Hall–Kier alpha value is -1.66. The Morgan fingerprint density at radius 2 is 1.94 bits per heavy atom. The van der Waals surface area contributed by atoms with Gasteiger partial charge in [0.15, 0.2) is 6.23 Å². The molecule has 2 aromatic rings. The lowest BCUT2D eigenvalue weighted by molar-refractivity contribution is 0.160. The lowest BCUT2D eigenvalue weighted by atomic mass is 10.2. The molecule has 0 bridgehead atoms. The summed E-state index contributed by atoms with van der Waals surface area (Å²) in [5.41, 5.74) is 0.997. The minimum Gasteiger partial charge on any atom is -0.310 e. The summed E-state index contributed by atoms with van der Waals surface area (Å²) in [6.07, 6.45) is 4.10. The van der Waals surface area contributed by atoms with Crippen LogP contribution in [0.25, 0.3) is 0 Å². The lowest BCUT2D eigenvalue weighted by Crippen LogP contribution is -2.14. The molecule has 0 fully saturated rings. The molecule has 0 aliphatic heterocycles. The molecule has 18 heavy (non-hydrogen) atoms. The van der Waals surface area contributed by atoms with E-state index in [0.29, 0.717) is 0 Å². The van der Waals surface area contributed by atoms with Gasteiger partial charge in [0.1, 0.15) is 0 Å². The van der Waals surface area contributed by atoms with Crippen LogP contribution in [0.3, 0.4) is 0 Å². The number of aromatic nitrogens is 2. The van der Waals surface area contributed by atoms with Crippen molar-refractivity contribution < 1.29 is 12.6 Å². The summed E-state index contributed by atoms with van der Waals surface area (Å²) in [6.45, 7) is 3.54. The van der Waals surface area contributed by atoms with Crippen molar-refractivity contribution in [3.63, 3.8) is 0 Å². The van der Waals surface area contributed by atoms with E-state index in [1.54, 1.807) is 36.0 Å². The Balaban J connectivity index is 2.20. The maximum absolute atomic E-state index is 12.0. The van der Waals surface area contributed by atoms with Crippen LogP contribution >= 0.6 is 0 Å². The second-order valence-corrected chi connectivity index (χ2v) is 5.54. The predicted molar refractivity (Wildman–Crippen MR) is 66.4 cm³/mol. The Kier molecular flexibility index (Phi) is 3.49. The van der Waals surface area contributed by atoms with Gasteiger partial charge in [0.25, 0.3) is 10.1 Å². The molecule has 0 saturated heterocycles. The molecular weight excluding hydrogens is 252 g/mol. The molecule has 0 spiro atoms. The van der Waals surface area contributed by atoms with Gasteiger partial charge < -0.3 is 4.57 Å². The van der Waals surface area contributed by atoms with Crippen LogP contribution in [0.1, 0.15) is 18.7 Å². The van der Waals surface area contributed by atoms with E-state index in [4.69, 9.17) is 4.18 Å². The molecule has 1 aromatic carbocycles. The molecule has 0 amide bonds. The van der Waals surface area contributed by atoms with Gasteiger partial charge >= 0.3 is 0 Å². The number of hydrogen-bond acceptors (Lipinski definition) is 4. The van der Waals surface area contributed by atoms with Crippen LogP contribution < -0.4 is 0 Å². The summed E-state index contributed by atoms with van der Waals surface area (Å²) >= 11 is 0. The normalized spacial score (nSPS) is 13.4. The summed E-state index contributed by atoms with van der Waals surface area (Å²) < 4.78 is 30.7. The van der Waals surface area contributed by atoms with Crippen molar-refractivity contribution in [3.05, 3.63) is 48.5 Å². The maximum Gasteiger partial charge on any atom is 0.298 e. The van der Waals surface area contributed by atoms with Gasteiger partial charge in [0.2, 0.25) is 0 Å². The van der Waals surface area contributed by atoms with E-state index in [1.165, 1.54) is 18.5 Å². The fourth-order valence-corrected chi connectivity index (χ4v) is 2.52. The molecule has 0 radical (unpaired) electrons. The zero-order valence-corrected chi connectivity index (χ0v) is 11.0. The summed E-state index contributed by atoms with van der Waals surface area (Å²) in [7, 11) is -3.75. The Bertz CT molecular complexity index is 603. The minimum absolute atomic E-state index is 0.153. The molecule has 1 atom stereocenters. The van der Waals surface area contributed by atoms with E-state index in [2.05, 4.69) is 4.98 Å². The molecule has 0 aliphatic carbocycles. The molecule has 1 heterocycles. The number of hydrogen-bond donors (Lipinski definition) is 0. The molecule has 5 nitrogen and oxygen atoms in total. The quantitative estimate of drug-likeness (QED) is 0.795. The highest BCUT2D eigenvalue weighted by Gasteiger charge is 2.19. The lowest BCUT2D eigenvalue weighted by Gasteiger charge is -2.14. The van der Waals surface area contributed by atoms with E-state index in [-0.39, 0.29) is 4.90 Å². The topological polar surface area (TPSA) is 61.2 Å². The standard InChI is InChI=1S/C12H14N2O3S/c1-10-3-5-12(6-4-10)18(15,16)17-11(2)14-8-7-13-9-14/h3-9,11H,1-2H3. The molecule has 1 unspecified atom stereocenters. The number of imidazole rings is 1. The molecule has 0 N–H and O–H groups in total. The number of benzene rings is 1. The molecular formula is C12H14N2O3S. The molecule has 6 heteroatoms. The highest BCUT2D eigenvalue weighted by Crippen LogP contribution is 2.19. The fourth-order valence-electron chi connectivity index (χ4n) is 1.48. The van der Waals surface area contributed by atoms with Gasteiger partial charge in [-0.05, 0) is 26.0 Å². The van der Waals surface area contributed by atoms with E-state index in [0.717, 1.165) is 5.56 Å². The van der Waals surface area contributed by atoms with E-state index in [9.17, 15) is 8.42 Å². The SMILES string of the molecule is Cc1ccc(S(=O)(=O)OC(C)n2ccnc2)cc1. The third-order valence-electron chi connectivity index (χ3n) is 2.52. The van der Waals surface area contributed by atoms with Gasteiger partial charge in [-0.1, -0.05) is 17.7 Å². The van der Waals surface area contributed by atoms with Gasteiger partial charge in [-0.25, -0.2) is 9.17 Å².